The molecule has 6 nitrogen and oxygen atoms in total. The molecule has 0 radical (unpaired) electrons. The highest BCUT2D eigenvalue weighted by atomic mass is 32.1. The summed E-state index contributed by atoms with van der Waals surface area (Å²) in [6.45, 7) is 1.86. The molecular weight excluding hydrogens is 342 g/mol. The lowest BCUT2D eigenvalue weighted by Gasteiger charge is -2.18. The van der Waals surface area contributed by atoms with E-state index in [2.05, 4.69) is 0 Å². The number of fused-ring (bicyclic) bond motifs is 1. The zero-order valence-electron chi connectivity index (χ0n) is 13.4. The van der Waals surface area contributed by atoms with E-state index in [0.717, 1.165) is 16.2 Å². The van der Waals surface area contributed by atoms with Crippen molar-refractivity contribution < 1.29 is 24.2 Å². The molecule has 7 heteroatoms. The van der Waals surface area contributed by atoms with Gasteiger partial charge >= 0.3 is 5.97 Å². The maximum Gasteiger partial charge on any atom is 0.308 e. The summed E-state index contributed by atoms with van der Waals surface area (Å²) in [5, 5.41) is 9.08. The molecule has 1 aromatic heterocycles. The Balaban J connectivity index is 1.52. The Labute approximate surface area is 148 Å². The van der Waals surface area contributed by atoms with Crippen LogP contribution < -0.4 is 9.47 Å². The number of thiophene rings is 1. The second-order valence-corrected chi connectivity index (χ2v) is 7.18. The monoisotopic (exact) mass is 359 g/mol. The molecule has 0 bridgehead atoms. The van der Waals surface area contributed by atoms with Crippen molar-refractivity contribution in [1.29, 1.82) is 0 Å². The van der Waals surface area contributed by atoms with Gasteiger partial charge < -0.3 is 19.5 Å². The van der Waals surface area contributed by atoms with E-state index in [-0.39, 0.29) is 12.5 Å². The predicted octanol–water partition coefficient (Wildman–Crippen LogP) is 2.73. The van der Waals surface area contributed by atoms with E-state index in [1.54, 1.807) is 11.0 Å². The van der Waals surface area contributed by atoms with Gasteiger partial charge in [-0.25, -0.2) is 0 Å². The molecular formula is C18H17NO5S. The zero-order valence-corrected chi connectivity index (χ0v) is 14.3. The minimum Gasteiger partial charge on any atom is -0.486 e. The molecule has 4 rings (SSSR count). The quantitative estimate of drug-likeness (QED) is 0.912. The first-order valence-electron chi connectivity index (χ1n) is 8.14. The summed E-state index contributed by atoms with van der Waals surface area (Å²) in [6.07, 6.45) is 0.515. The molecule has 1 fully saturated rings. The average molecular weight is 359 g/mol. The molecule has 1 N–H and O–H groups in total. The van der Waals surface area contributed by atoms with Gasteiger partial charge in [-0.2, -0.15) is 0 Å². The smallest absolute Gasteiger partial charge is 0.308 e. The van der Waals surface area contributed by atoms with Gasteiger partial charge in [0, 0.05) is 18.0 Å². The molecule has 0 aliphatic carbocycles. The van der Waals surface area contributed by atoms with Crippen LogP contribution in [0.1, 0.15) is 16.1 Å². The molecule has 1 saturated heterocycles. The molecule has 1 aromatic carbocycles. The van der Waals surface area contributed by atoms with Crippen molar-refractivity contribution in [3.05, 3.63) is 35.2 Å². The Morgan fingerprint density at radius 3 is 2.68 bits per heavy atom. The van der Waals surface area contributed by atoms with Crippen molar-refractivity contribution in [2.75, 3.05) is 26.3 Å². The Hall–Kier alpha value is -2.54. The second-order valence-electron chi connectivity index (χ2n) is 6.10. The number of aliphatic carboxylic acids is 1. The standard InChI is InChI=1S/C18H17NO5S/c20-17(19-6-5-12(10-19)18(21)22)16-4-3-15(25-16)11-1-2-13-14(9-11)24-8-7-23-13/h1-4,9,12H,5-8,10H2,(H,21,22)/t12-/m1/s1. The summed E-state index contributed by atoms with van der Waals surface area (Å²) in [5.41, 5.74) is 0.970. The van der Waals surface area contributed by atoms with Crippen molar-refractivity contribution in [2.45, 2.75) is 6.42 Å². The van der Waals surface area contributed by atoms with Crippen LogP contribution >= 0.6 is 11.3 Å². The highest BCUT2D eigenvalue weighted by molar-refractivity contribution is 7.17. The van der Waals surface area contributed by atoms with Gasteiger partial charge in [0.05, 0.1) is 10.8 Å². The average Bonchev–Trinajstić information content (AvgIpc) is 3.30. The van der Waals surface area contributed by atoms with Crippen LogP contribution in [-0.2, 0) is 4.79 Å². The van der Waals surface area contributed by atoms with Crippen LogP contribution in [-0.4, -0.2) is 48.2 Å². The van der Waals surface area contributed by atoms with E-state index in [4.69, 9.17) is 14.6 Å². The first kappa shape index (κ1) is 16.0. The summed E-state index contributed by atoms with van der Waals surface area (Å²) in [7, 11) is 0. The van der Waals surface area contributed by atoms with Crippen LogP contribution in [0.3, 0.4) is 0 Å². The van der Waals surface area contributed by atoms with Gasteiger partial charge in [-0.15, -0.1) is 11.3 Å². The number of amides is 1. The number of ether oxygens (including phenoxy) is 2. The number of carboxylic acids is 1. The molecule has 2 aromatic rings. The van der Waals surface area contributed by atoms with E-state index < -0.39 is 11.9 Å². The van der Waals surface area contributed by atoms with Crippen LogP contribution in [0.25, 0.3) is 10.4 Å². The summed E-state index contributed by atoms with van der Waals surface area (Å²) >= 11 is 1.41. The third-order valence-corrected chi connectivity index (χ3v) is 5.59. The van der Waals surface area contributed by atoms with E-state index in [1.165, 1.54) is 11.3 Å². The Morgan fingerprint density at radius 1 is 1.12 bits per heavy atom. The predicted molar refractivity (Wildman–Crippen MR) is 92.4 cm³/mol. The molecule has 1 amide bonds. The Bertz CT molecular complexity index is 831. The summed E-state index contributed by atoms with van der Waals surface area (Å²) < 4.78 is 11.1. The van der Waals surface area contributed by atoms with Gasteiger partial charge in [0.25, 0.3) is 5.91 Å². The molecule has 0 unspecified atom stereocenters. The van der Waals surface area contributed by atoms with Gasteiger partial charge in [-0.3, -0.25) is 9.59 Å². The van der Waals surface area contributed by atoms with Gasteiger partial charge in [-0.1, -0.05) is 0 Å². The van der Waals surface area contributed by atoms with Gasteiger partial charge in [0.2, 0.25) is 0 Å². The molecule has 2 aliphatic heterocycles. The number of hydrogen-bond donors (Lipinski definition) is 1. The van der Waals surface area contributed by atoms with Crippen LogP contribution in [0.2, 0.25) is 0 Å². The van der Waals surface area contributed by atoms with Crippen molar-refractivity contribution in [3.63, 3.8) is 0 Å². The lowest BCUT2D eigenvalue weighted by Crippen LogP contribution is -2.29. The van der Waals surface area contributed by atoms with Gasteiger partial charge in [0.1, 0.15) is 13.2 Å². The lowest BCUT2D eigenvalue weighted by molar-refractivity contribution is -0.141. The van der Waals surface area contributed by atoms with Crippen molar-refractivity contribution in [2.24, 2.45) is 5.92 Å². The van der Waals surface area contributed by atoms with Crippen molar-refractivity contribution >= 4 is 23.2 Å². The highest BCUT2D eigenvalue weighted by Gasteiger charge is 2.31. The SMILES string of the molecule is O=C(O)[C@@H]1CCN(C(=O)c2ccc(-c3ccc4c(c3)OCCO4)s2)C1. The molecule has 2 aliphatic rings. The van der Waals surface area contributed by atoms with Crippen molar-refractivity contribution in [3.8, 4) is 21.9 Å². The van der Waals surface area contributed by atoms with Crippen LogP contribution in [0.15, 0.2) is 30.3 Å². The fourth-order valence-electron chi connectivity index (χ4n) is 3.11. The lowest BCUT2D eigenvalue weighted by atomic mass is 10.1. The van der Waals surface area contributed by atoms with Crippen molar-refractivity contribution in [1.82, 2.24) is 4.90 Å². The number of carboxylic acid groups (broad SMARTS) is 1. The molecule has 0 spiro atoms. The van der Waals surface area contributed by atoms with Crippen LogP contribution in [0.4, 0.5) is 0 Å². The highest BCUT2D eigenvalue weighted by Crippen LogP contribution is 2.37. The fraction of sp³-hybridized carbons (Fsp3) is 0.333. The number of carbonyl (C=O) groups excluding carboxylic acids is 1. The number of likely N-dealkylation sites (tertiary alicyclic amines) is 1. The Morgan fingerprint density at radius 2 is 1.92 bits per heavy atom. The number of carbonyl (C=O) groups is 2. The van der Waals surface area contributed by atoms with E-state index in [0.29, 0.717) is 36.8 Å². The first-order valence-corrected chi connectivity index (χ1v) is 8.95. The minimum absolute atomic E-state index is 0.0995. The molecule has 3 heterocycles. The fourth-order valence-corrected chi connectivity index (χ4v) is 4.08. The number of nitrogens with zero attached hydrogens (tertiary/aromatic N) is 1. The number of rotatable bonds is 3. The summed E-state index contributed by atoms with van der Waals surface area (Å²) in [4.78, 5) is 26.9. The normalized spacial score (nSPS) is 19.0. The summed E-state index contributed by atoms with van der Waals surface area (Å²) in [6, 6.07) is 9.46. The second kappa shape index (κ2) is 6.40. The number of benzene rings is 1. The molecule has 1 atom stereocenters. The zero-order chi connectivity index (χ0) is 17.4. The first-order chi connectivity index (χ1) is 12.1. The molecule has 25 heavy (non-hydrogen) atoms. The minimum atomic E-state index is -0.835. The number of hydrogen-bond acceptors (Lipinski definition) is 5. The molecule has 0 saturated carbocycles. The Kier molecular flexibility index (Phi) is 4.09. The van der Waals surface area contributed by atoms with E-state index in [1.807, 2.05) is 24.3 Å². The largest absolute Gasteiger partial charge is 0.486 e. The van der Waals surface area contributed by atoms with Crippen LogP contribution in [0, 0.1) is 5.92 Å². The van der Waals surface area contributed by atoms with E-state index in [9.17, 15) is 9.59 Å². The summed E-state index contributed by atoms with van der Waals surface area (Å²) in [5.74, 6) is 0.0608. The maximum atomic E-state index is 12.6. The van der Waals surface area contributed by atoms with E-state index >= 15 is 0 Å². The van der Waals surface area contributed by atoms with Gasteiger partial charge in [0.15, 0.2) is 11.5 Å². The van der Waals surface area contributed by atoms with Gasteiger partial charge in [-0.05, 0) is 42.3 Å². The third kappa shape index (κ3) is 3.07. The topological polar surface area (TPSA) is 76.1 Å². The maximum absolute atomic E-state index is 12.6. The third-order valence-electron chi connectivity index (χ3n) is 4.47. The van der Waals surface area contributed by atoms with Crippen LogP contribution in [0.5, 0.6) is 11.5 Å². The molecule has 130 valence electrons.